The number of carbonyl (C=O) groups is 3. The van der Waals surface area contributed by atoms with Gasteiger partial charge in [-0.1, -0.05) is 0 Å². The van der Waals surface area contributed by atoms with Gasteiger partial charge in [0.25, 0.3) is 5.91 Å². The van der Waals surface area contributed by atoms with Crippen LogP contribution in [-0.2, 0) is 9.59 Å². The van der Waals surface area contributed by atoms with Crippen molar-refractivity contribution >= 4 is 23.4 Å². The van der Waals surface area contributed by atoms with E-state index in [1.165, 1.54) is 11.8 Å². The molecule has 1 aromatic rings. The van der Waals surface area contributed by atoms with E-state index in [-0.39, 0.29) is 29.8 Å². The molecule has 0 saturated carbocycles. The number of hydrogen-bond acceptors (Lipinski definition) is 3. The Bertz CT molecular complexity index is 559. The van der Waals surface area contributed by atoms with E-state index >= 15 is 0 Å². The van der Waals surface area contributed by atoms with Gasteiger partial charge < -0.3 is 15.5 Å². The minimum absolute atomic E-state index is 0.0104. The van der Waals surface area contributed by atoms with Gasteiger partial charge in [-0.25, -0.2) is 0 Å². The van der Waals surface area contributed by atoms with Crippen LogP contribution < -0.4 is 10.6 Å². The van der Waals surface area contributed by atoms with Crippen LogP contribution in [0.2, 0.25) is 0 Å². The van der Waals surface area contributed by atoms with E-state index in [0.717, 1.165) is 0 Å². The highest BCUT2D eigenvalue weighted by molar-refractivity contribution is 5.97. The molecule has 0 heterocycles. The number of benzene rings is 1. The lowest BCUT2D eigenvalue weighted by atomic mass is 10.1. The molecule has 1 aromatic carbocycles. The number of hydrogen-bond donors (Lipinski definition) is 2. The van der Waals surface area contributed by atoms with Crippen LogP contribution in [0.25, 0.3) is 0 Å². The van der Waals surface area contributed by atoms with E-state index in [9.17, 15) is 14.4 Å². The van der Waals surface area contributed by atoms with Crippen LogP contribution in [0.1, 0.15) is 38.1 Å². The summed E-state index contributed by atoms with van der Waals surface area (Å²) in [4.78, 5) is 36.4. The van der Waals surface area contributed by atoms with Crippen LogP contribution in [0.4, 0.5) is 5.69 Å². The lowest BCUT2D eigenvalue weighted by Gasteiger charge is -2.23. The fourth-order valence-corrected chi connectivity index (χ4v) is 1.86. The van der Waals surface area contributed by atoms with E-state index in [1.54, 1.807) is 31.3 Å². The van der Waals surface area contributed by atoms with Gasteiger partial charge in [0, 0.05) is 30.8 Å². The molecule has 0 fully saturated rings. The second kappa shape index (κ2) is 7.06. The maximum absolute atomic E-state index is 12.2. The number of likely N-dealkylation sites (N-methyl/N-ethyl adjacent to an activating group) is 1. The molecule has 3 amide bonds. The lowest BCUT2D eigenvalue weighted by molar-refractivity contribution is -0.123. The number of rotatable bonds is 4. The van der Waals surface area contributed by atoms with Crippen LogP contribution in [-0.4, -0.2) is 41.8 Å². The summed E-state index contributed by atoms with van der Waals surface area (Å²) in [5.74, 6) is -0.633. The second-order valence-electron chi connectivity index (χ2n) is 6.22. The Morgan fingerprint density at radius 1 is 1.09 bits per heavy atom. The Kier molecular flexibility index (Phi) is 5.68. The number of nitrogens with zero attached hydrogens (tertiary/aromatic N) is 1. The van der Waals surface area contributed by atoms with Crippen molar-refractivity contribution in [3.05, 3.63) is 29.8 Å². The number of amides is 3. The summed E-state index contributed by atoms with van der Waals surface area (Å²) in [5, 5.41) is 5.44. The molecule has 2 N–H and O–H groups in total. The first-order chi connectivity index (χ1) is 10.1. The quantitative estimate of drug-likeness (QED) is 0.887. The highest BCUT2D eigenvalue weighted by atomic mass is 16.2. The van der Waals surface area contributed by atoms with E-state index < -0.39 is 0 Å². The Morgan fingerprint density at radius 2 is 1.64 bits per heavy atom. The summed E-state index contributed by atoms with van der Waals surface area (Å²) in [6, 6.07) is 6.53. The third-order valence-corrected chi connectivity index (χ3v) is 2.69. The van der Waals surface area contributed by atoms with Gasteiger partial charge in [0.15, 0.2) is 0 Å². The molecule has 0 aliphatic carbocycles. The van der Waals surface area contributed by atoms with Crippen LogP contribution in [0, 0.1) is 0 Å². The fraction of sp³-hybridized carbons (Fsp3) is 0.438. The zero-order valence-electron chi connectivity index (χ0n) is 13.7. The first kappa shape index (κ1) is 17.7. The Morgan fingerprint density at radius 3 is 2.09 bits per heavy atom. The Labute approximate surface area is 130 Å². The topological polar surface area (TPSA) is 78.5 Å². The SMILES string of the molecule is CC(=O)Nc1ccc(C(=O)N(C)CC(=O)NC(C)(C)C)cc1. The monoisotopic (exact) mass is 305 g/mol. The van der Waals surface area contributed by atoms with Crippen molar-refractivity contribution < 1.29 is 14.4 Å². The molecule has 6 heteroatoms. The van der Waals surface area contributed by atoms with Crippen LogP contribution in [0.5, 0.6) is 0 Å². The molecule has 22 heavy (non-hydrogen) atoms. The molecule has 120 valence electrons. The molecule has 0 unspecified atom stereocenters. The molecular weight excluding hydrogens is 282 g/mol. The fourth-order valence-electron chi connectivity index (χ4n) is 1.86. The summed E-state index contributed by atoms with van der Waals surface area (Å²) >= 11 is 0. The average Bonchev–Trinajstić information content (AvgIpc) is 2.35. The largest absolute Gasteiger partial charge is 0.350 e. The van der Waals surface area contributed by atoms with Crippen molar-refractivity contribution in [3.8, 4) is 0 Å². The van der Waals surface area contributed by atoms with Gasteiger partial charge in [-0.05, 0) is 45.0 Å². The van der Waals surface area contributed by atoms with E-state index in [2.05, 4.69) is 10.6 Å². The summed E-state index contributed by atoms with van der Waals surface area (Å²) in [6.45, 7) is 7.05. The smallest absolute Gasteiger partial charge is 0.254 e. The van der Waals surface area contributed by atoms with Crippen molar-refractivity contribution in [3.63, 3.8) is 0 Å². The number of anilines is 1. The standard InChI is InChI=1S/C16H23N3O3/c1-11(20)17-13-8-6-12(7-9-13)15(22)19(5)10-14(21)18-16(2,3)4/h6-9H,10H2,1-5H3,(H,17,20)(H,18,21). The molecule has 0 bridgehead atoms. The maximum Gasteiger partial charge on any atom is 0.254 e. The van der Waals surface area contributed by atoms with Crippen LogP contribution in [0.3, 0.4) is 0 Å². The molecule has 0 aromatic heterocycles. The zero-order chi connectivity index (χ0) is 16.9. The summed E-state index contributed by atoms with van der Waals surface area (Å²) in [5.41, 5.74) is 0.749. The van der Waals surface area contributed by atoms with Crippen molar-refractivity contribution in [1.29, 1.82) is 0 Å². The van der Waals surface area contributed by atoms with Gasteiger partial charge in [-0.2, -0.15) is 0 Å². The number of nitrogens with one attached hydrogen (secondary N) is 2. The molecule has 0 saturated heterocycles. The van der Waals surface area contributed by atoms with E-state index in [4.69, 9.17) is 0 Å². The van der Waals surface area contributed by atoms with Crippen molar-refractivity contribution in [2.45, 2.75) is 33.2 Å². The molecule has 1 rings (SSSR count). The van der Waals surface area contributed by atoms with Gasteiger partial charge in [0.1, 0.15) is 0 Å². The minimum atomic E-state index is -0.332. The molecule has 0 aliphatic rings. The van der Waals surface area contributed by atoms with Gasteiger partial charge in [-0.15, -0.1) is 0 Å². The molecule has 6 nitrogen and oxygen atoms in total. The highest BCUT2D eigenvalue weighted by Gasteiger charge is 2.18. The van der Waals surface area contributed by atoms with Gasteiger partial charge >= 0.3 is 0 Å². The molecule has 0 aliphatic heterocycles. The average molecular weight is 305 g/mol. The minimum Gasteiger partial charge on any atom is -0.350 e. The van der Waals surface area contributed by atoms with E-state index in [1.807, 2.05) is 20.8 Å². The van der Waals surface area contributed by atoms with Crippen LogP contribution >= 0.6 is 0 Å². The maximum atomic E-state index is 12.2. The predicted molar refractivity (Wildman–Crippen MR) is 85.6 cm³/mol. The van der Waals surface area contributed by atoms with Gasteiger partial charge in [-0.3, -0.25) is 14.4 Å². The molecule has 0 atom stereocenters. The third-order valence-electron chi connectivity index (χ3n) is 2.69. The third kappa shape index (κ3) is 5.95. The van der Waals surface area contributed by atoms with Crippen molar-refractivity contribution in [2.75, 3.05) is 18.9 Å². The molecular formula is C16H23N3O3. The normalized spacial score (nSPS) is 10.8. The lowest BCUT2D eigenvalue weighted by Crippen LogP contribution is -2.46. The highest BCUT2D eigenvalue weighted by Crippen LogP contribution is 2.11. The van der Waals surface area contributed by atoms with Gasteiger partial charge in [0.2, 0.25) is 11.8 Å². The zero-order valence-corrected chi connectivity index (χ0v) is 13.7. The second-order valence-corrected chi connectivity index (χ2v) is 6.22. The summed E-state index contributed by atoms with van der Waals surface area (Å²) in [7, 11) is 1.58. The van der Waals surface area contributed by atoms with Gasteiger partial charge in [0.05, 0.1) is 6.54 Å². The van der Waals surface area contributed by atoms with Crippen molar-refractivity contribution in [1.82, 2.24) is 10.2 Å². The summed E-state index contributed by atoms with van der Waals surface area (Å²) < 4.78 is 0. The number of carbonyl (C=O) groups excluding carboxylic acids is 3. The Hall–Kier alpha value is -2.37. The summed E-state index contributed by atoms with van der Waals surface area (Å²) in [6.07, 6.45) is 0. The van der Waals surface area contributed by atoms with Crippen LogP contribution in [0.15, 0.2) is 24.3 Å². The van der Waals surface area contributed by atoms with E-state index in [0.29, 0.717) is 11.3 Å². The Balaban J connectivity index is 2.66. The first-order valence-corrected chi connectivity index (χ1v) is 7.02. The first-order valence-electron chi connectivity index (χ1n) is 7.02. The van der Waals surface area contributed by atoms with Crippen molar-refractivity contribution in [2.24, 2.45) is 0 Å². The predicted octanol–water partition coefficient (Wildman–Crippen LogP) is 1.63. The molecule has 0 spiro atoms. The molecule has 0 radical (unpaired) electrons.